The van der Waals surface area contributed by atoms with E-state index < -0.39 is 4.92 Å². The molecule has 1 aromatic carbocycles. The number of aromatic nitrogens is 1. The van der Waals surface area contributed by atoms with Crippen molar-refractivity contribution in [1.82, 2.24) is 4.98 Å². The zero-order chi connectivity index (χ0) is 15.6. The van der Waals surface area contributed by atoms with Gasteiger partial charge in [0.1, 0.15) is 16.5 Å². The van der Waals surface area contributed by atoms with Gasteiger partial charge in [0.15, 0.2) is 0 Å². The van der Waals surface area contributed by atoms with Crippen LogP contribution in [0.3, 0.4) is 0 Å². The summed E-state index contributed by atoms with van der Waals surface area (Å²) in [6.45, 7) is 6.37. The Morgan fingerprint density at radius 3 is 2.71 bits per heavy atom. The quantitative estimate of drug-likeness (QED) is 0.607. The van der Waals surface area contributed by atoms with Crippen LogP contribution in [0, 0.1) is 16.0 Å². The second-order valence-corrected chi connectivity index (χ2v) is 5.57. The maximum absolute atomic E-state index is 11.3. The maximum Gasteiger partial charge on any atom is 0.309 e. The van der Waals surface area contributed by atoms with Gasteiger partial charge in [-0.2, -0.15) is 0 Å². The minimum absolute atomic E-state index is 0.105. The minimum Gasteiger partial charge on any atom is -0.494 e. The Balaban J connectivity index is 2.68. The SMILES string of the molecule is CCOc1ccc2nc(CC(C)C)c([N+](=O)[O-])c(Cl)c2c1. The smallest absolute Gasteiger partial charge is 0.309 e. The fourth-order valence-electron chi connectivity index (χ4n) is 2.21. The Kier molecular flexibility index (Phi) is 4.63. The first kappa shape index (κ1) is 15.5. The lowest BCUT2D eigenvalue weighted by molar-refractivity contribution is -0.385. The highest BCUT2D eigenvalue weighted by Crippen LogP contribution is 2.36. The van der Waals surface area contributed by atoms with E-state index in [-0.39, 0.29) is 16.6 Å². The average molecular weight is 309 g/mol. The molecule has 0 N–H and O–H groups in total. The highest BCUT2D eigenvalue weighted by molar-refractivity contribution is 6.37. The van der Waals surface area contributed by atoms with E-state index in [0.717, 1.165) is 0 Å². The van der Waals surface area contributed by atoms with Gasteiger partial charge in [0.05, 0.1) is 17.0 Å². The second kappa shape index (κ2) is 6.26. The van der Waals surface area contributed by atoms with Crippen LogP contribution in [-0.2, 0) is 6.42 Å². The molecule has 0 saturated carbocycles. The van der Waals surface area contributed by atoms with Gasteiger partial charge in [-0.05, 0) is 37.5 Å². The molecule has 21 heavy (non-hydrogen) atoms. The van der Waals surface area contributed by atoms with Crippen LogP contribution in [0.4, 0.5) is 5.69 Å². The van der Waals surface area contributed by atoms with Crippen LogP contribution < -0.4 is 4.74 Å². The van der Waals surface area contributed by atoms with E-state index in [1.807, 2.05) is 20.8 Å². The van der Waals surface area contributed by atoms with E-state index in [1.165, 1.54) is 0 Å². The third-order valence-corrected chi connectivity index (χ3v) is 3.42. The van der Waals surface area contributed by atoms with E-state index in [1.54, 1.807) is 18.2 Å². The summed E-state index contributed by atoms with van der Waals surface area (Å²) < 4.78 is 5.41. The zero-order valence-corrected chi connectivity index (χ0v) is 13.0. The number of hydrogen-bond acceptors (Lipinski definition) is 4. The molecule has 2 aromatic rings. The Morgan fingerprint density at radius 2 is 2.14 bits per heavy atom. The fraction of sp³-hybridized carbons (Fsp3) is 0.400. The minimum atomic E-state index is -0.458. The van der Waals surface area contributed by atoms with Gasteiger partial charge >= 0.3 is 5.69 Å². The first-order valence-electron chi connectivity index (χ1n) is 6.83. The molecule has 0 aliphatic heterocycles. The van der Waals surface area contributed by atoms with Gasteiger partial charge in [0.25, 0.3) is 0 Å². The molecule has 0 atom stereocenters. The van der Waals surface area contributed by atoms with E-state index in [0.29, 0.717) is 35.4 Å². The summed E-state index contributed by atoms with van der Waals surface area (Å²) in [7, 11) is 0. The van der Waals surface area contributed by atoms with Crippen molar-refractivity contribution in [2.75, 3.05) is 6.61 Å². The van der Waals surface area contributed by atoms with Gasteiger partial charge in [-0.1, -0.05) is 25.4 Å². The highest BCUT2D eigenvalue weighted by Gasteiger charge is 2.24. The van der Waals surface area contributed by atoms with Gasteiger partial charge in [-0.3, -0.25) is 10.1 Å². The Hall–Kier alpha value is -1.88. The molecule has 0 unspecified atom stereocenters. The van der Waals surface area contributed by atoms with E-state index in [4.69, 9.17) is 16.3 Å². The molecule has 0 aliphatic rings. The normalized spacial score (nSPS) is 11.1. The third-order valence-electron chi connectivity index (χ3n) is 3.04. The van der Waals surface area contributed by atoms with Gasteiger partial charge in [-0.15, -0.1) is 0 Å². The number of pyridine rings is 1. The number of nitro groups is 1. The summed E-state index contributed by atoms with van der Waals surface area (Å²) in [5.41, 5.74) is 0.966. The average Bonchev–Trinajstić information content (AvgIpc) is 2.39. The van der Waals surface area contributed by atoms with Crippen LogP contribution in [0.25, 0.3) is 10.9 Å². The highest BCUT2D eigenvalue weighted by atomic mass is 35.5. The van der Waals surface area contributed by atoms with Crippen molar-refractivity contribution < 1.29 is 9.66 Å². The van der Waals surface area contributed by atoms with Gasteiger partial charge < -0.3 is 4.74 Å². The van der Waals surface area contributed by atoms with E-state index in [9.17, 15) is 10.1 Å². The molecule has 112 valence electrons. The Morgan fingerprint density at radius 1 is 1.43 bits per heavy atom. The lowest BCUT2D eigenvalue weighted by atomic mass is 10.0. The maximum atomic E-state index is 11.3. The number of nitrogens with zero attached hydrogens (tertiary/aromatic N) is 2. The molecule has 1 aromatic heterocycles. The lowest BCUT2D eigenvalue weighted by Gasteiger charge is -2.10. The Bertz CT molecular complexity index is 686. The molecule has 0 saturated heterocycles. The summed E-state index contributed by atoms with van der Waals surface area (Å²) in [6, 6.07) is 5.26. The number of hydrogen-bond donors (Lipinski definition) is 0. The molecule has 5 nitrogen and oxygen atoms in total. The molecule has 0 radical (unpaired) electrons. The predicted octanol–water partition coefficient (Wildman–Crippen LogP) is 4.39. The molecule has 0 bridgehead atoms. The number of fused-ring (bicyclic) bond motifs is 1. The van der Waals surface area contributed by atoms with Crippen molar-refractivity contribution in [3.63, 3.8) is 0 Å². The number of ether oxygens (including phenoxy) is 1. The molecule has 0 spiro atoms. The van der Waals surface area contributed by atoms with Crippen LogP contribution in [0.1, 0.15) is 26.5 Å². The van der Waals surface area contributed by atoms with Crippen LogP contribution in [0.15, 0.2) is 18.2 Å². The molecular weight excluding hydrogens is 292 g/mol. The summed E-state index contributed by atoms with van der Waals surface area (Å²) >= 11 is 6.26. The van der Waals surface area contributed by atoms with Crippen molar-refractivity contribution in [3.8, 4) is 5.75 Å². The zero-order valence-electron chi connectivity index (χ0n) is 12.2. The van der Waals surface area contributed by atoms with E-state index in [2.05, 4.69) is 4.98 Å². The van der Waals surface area contributed by atoms with Gasteiger partial charge in [0, 0.05) is 5.39 Å². The number of halogens is 1. The standard InChI is InChI=1S/C15H17ClN2O3/c1-4-21-10-5-6-12-11(8-10)14(16)15(18(19)20)13(17-12)7-9(2)3/h5-6,8-9H,4,7H2,1-3H3. The van der Waals surface area contributed by atoms with Crippen LogP contribution in [0.5, 0.6) is 5.75 Å². The third kappa shape index (κ3) is 3.24. The topological polar surface area (TPSA) is 65.3 Å². The number of benzene rings is 1. The first-order valence-corrected chi connectivity index (χ1v) is 7.21. The number of rotatable bonds is 5. The molecule has 2 rings (SSSR count). The van der Waals surface area contributed by atoms with Crippen molar-refractivity contribution in [1.29, 1.82) is 0 Å². The molecular formula is C15H17ClN2O3. The lowest BCUT2D eigenvalue weighted by Crippen LogP contribution is -2.04. The molecule has 6 heteroatoms. The first-order chi connectivity index (χ1) is 9.93. The van der Waals surface area contributed by atoms with Crippen LogP contribution in [0.2, 0.25) is 5.02 Å². The van der Waals surface area contributed by atoms with Crippen molar-refractivity contribution >= 4 is 28.2 Å². The van der Waals surface area contributed by atoms with Crippen molar-refractivity contribution in [2.45, 2.75) is 27.2 Å². The molecule has 0 fully saturated rings. The summed E-state index contributed by atoms with van der Waals surface area (Å²) in [5, 5.41) is 12.0. The van der Waals surface area contributed by atoms with Crippen LogP contribution in [-0.4, -0.2) is 16.5 Å². The Labute approximate surface area is 128 Å². The molecule has 0 aliphatic carbocycles. The largest absolute Gasteiger partial charge is 0.494 e. The van der Waals surface area contributed by atoms with Crippen LogP contribution >= 0.6 is 11.6 Å². The van der Waals surface area contributed by atoms with Crippen molar-refractivity contribution in [3.05, 3.63) is 39.0 Å². The molecule has 1 heterocycles. The second-order valence-electron chi connectivity index (χ2n) is 5.19. The fourth-order valence-corrected chi connectivity index (χ4v) is 2.54. The summed E-state index contributed by atoms with van der Waals surface area (Å²) in [4.78, 5) is 15.3. The summed E-state index contributed by atoms with van der Waals surface area (Å²) in [6.07, 6.45) is 0.513. The summed E-state index contributed by atoms with van der Waals surface area (Å²) in [5.74, 6) is 0.882. The predicted molar refractivity (Wildman–Crippen MR) is 83.1 cm³/mol. The van der Waals surface area contributed by atoms with Gasteiger partial charge in [-0.25, -0.2) is 4.98 Å². The van der Waals surface area contributed by atoms with Gasteiger partial charge in [0.2, 0.25) is 0 Å². The monoisotopic (exact) mass is 308 g/mol. The molecule has 0 amide bonds. The van der Waals surface area contributed by atoms with Crippen molar-refractivity contribution in [2.24, 2.45) is 5.92 Å². The van der Waals surface area contributed by atoms with E-state index >= 15 is 0 Å².